The van der Waals surface area contributed by atoms with Crippen molar-refractivity contribution in [2.24, 2.45) is 23.2 Å². The van der Waals surface area contributed by atoms with E-state index in [0.29, 0.717) is 5.54 Å². The molecule has 4 rings (SSSR count). The van der Waals surface area contributed by atoms with E-state index in [1.165, 1.54) is 38.5 Å². The van der Waals surface area contributed by atoms with E-state index in [2.05, 4.69) is 5.32 Å². The summed E-state index contributed by atoms with van der Waals surface area (Å²) in [5, 5.41) is 22.5. The van der Waals surface area contributed by atoms with Crippen LogP contribution in [0.5, 0.6) is 0 Å². The predicted molar refractivity (Wildman–Crippen MR) is 71.2 cm³/mol. The van der Waals surface area contributed by atoms with E-state index in [-0.39, 0.29) is 18.6 Å². The van der Waals surface area contributed by atoms with E-state index in [1.807, 2.05) is 6.92 Å². The summed E-state index contributed by atoms with van der Waals surface area (Å²) in [4.78, 5) is 0. The highest BCUT2D eigenvalue weighted by molar-refractivity contribution is 5.06. The minimum Gasteiger partial charge on any atom is -0.396 e. The number of nitrogens with one attached hydrogen (secondary N) is 1. The third kappa shape index (κ3) is 2.21. The van der Waals surface area contributed by atoms with Crippen LogP contribution in [-0.4, -0.2) is 35.5 Å². The second-order valence-electron chi connectivity index (χ2n) is 7.68. The van der Waals surface area contributed by atoms with E-state index in [1.54, 1.807) is 0 Å². The average molecular weight is 253 g/mol. The monoisotopic (exact) mass is 253 g/mol. The molecule has 0 aromatic heterocycles. The Hall–Kier alpha value is -0.120. The predicted octanol–water partition coefficient (Wildman–Crippen LogP) is 1.54. The SMILES string of the molecule is CC(CO)(CO)CNC12CC3CC(CC(C3)C1)C2. The summed E-state index contributed by atoms with van der Waals surface area (Å²) in [6.45, 7) is 2.82. The Bertz CT molecular complexity index is 276. The molecule has 0 aliphatic heterocycles. The molecule has 3 heteroatoms. The van der Waals surface area contributed by atoms with Gasteiger partial charge in [0.25, 0.3) is 0 Å². The maximum absolute atomic E-state index is 9.40. The first-order valence-electron chi connectivity index (χ1n) is 7.53. The molecule has 0 unspecified atom stereocenters. The molecule has 0 atom stereocenters. The maximum atomic E-state index is 9.40. The van der Waals surface area contributed by atoms with Crippen LogP contribution in [0, 0.1) is 23.2 Å². The van der Waals surface area contributed by atoms with Crippen LogP contribution in [0.15, 0.2) is 0 Å². The summed E-state index contributed by atoms with van der Waals surface area (Å²) in [7, 11) is 0. The first kappa shape index (κ1) is 12.9. The van der Waals surface area contributed by atoms with Gasteiger partial charge in [0, 0.05) is 17.5 Å². The molecule has 4 saturated carbocycles. The Morgan fingerprint density at radius 3 is 1.83 bits per heavy atom. The number of rotatable bonds is 5. The second kappa shape index (κ2) is 4.46. The van der Waals surface area contributed by atoms with Crippen molar-refractivity contribution < 1.29 is 10.2 Å². The zero-order valence-corrected chi connectivity index (χ0v) is 11.5. The van der Waals surface area contributed by atoms with E-state index in [0.717, 1.165) is 24.3 Å². The number of hydrogen-bond acceptors (Lipinski definition) is 3. The zero-order chi connectivity index (χ0) is 12.8. The van der Waals surface area contributed by atoms with Crippen molar-refractivity contribution >= 4 is 0 Å². The Balaban J connectivity index is 1.65. The fraction of sp³-hybridized carbons (Fsp3) is 1.00. The Kier molecular flexibility index (Phi) is 3.20. The first-order chi connectivity index (χ1) is 8.56. The molecule has 4 aliphatic carbocycles. The summed E-state index contributed by atoms with van der Waals surface area (Å²) in [6, 6.07) is 0. The van der Waals surface area contributed by atoms with Crippen molar-refractivity contribution in [3.05, 3.63) is 0 Å². The van der Waals surface area contributed by atoms with Crippen molar-refractivity contribution in [2.75, 3.05) is 19.8 Å². The van der Waals surface area contributed by atoms with Gasteiger partial charge in [-0.3, -0.25) is 0 Å². The van der Waals surface area contributed by atoms with Crippen LogP contribution < -0.4 is 5.32 Å². The molecule has 4 fully saturated rings. The Morgan fingerprint density at radius 2 is 1.44 bits per heavy atom. The van der Waals surface area contributed by atoms with Gasteiger partial charge in [-0.05, 0) is 56.3 Å². The highest BCUT2D eigenvalue weighted by Crippen LogP contribution is 2.55. The van der Waals surface area contributed by atoms with Gasteiger partial charge in [0.1, 0.15) is 0 Å². The molecule has 3 nitrogen and oxygen atoms in total. The molecule has 0 amide bonds. The summed E-state index contributed by atoms with van der Waals surface area (Å²) >= 11 is 0. The Morgan fingerprint density at radius 1 is 1.00 bits per heavy atom. The molecule has 0 spiro atoms. The van der Waals surface area contributed by atoms with Gasteiger partial charge in [0.2, 0.25) is 0 Å². The van der Waals surface area contributed by atoms with Crippen molar-refractivity contribution in [3.8, 4) is 0 Å². The van der Waals surface area contributed by atoms with Crippen LogP contribution in [0.25, 0.3) is 0 Å². The molecule has 0 aromatic carbocycles. The lowest BCUT2D eigenvalue weighted by Gasteiger charge is -2.57. The third-order valence-electron chi connectivity index (χ3n) is 5.69. The summed E-state index contributed by atoms with van der Waals surface area (Å²) < 4.78 is 0. The molecule has 3 N–H and O–H groups in total. The normalized spacial score (nSPS) is 42.5. The molecule has 0 heterocycles. The first-order valence-corrected chi connectivity index (χ1v) is 7.53. The van der Waals surface area contributed by atoms with E-state index >= 15 is 0 Å². The number of hydrogen-bond donors (Lipinski definition) is 3. The quantitative estimate of drug-likeness (QED) is 0.696. The van der Waals surface area contributed by atoms with Gasteiger partial charge in [0.15, 0.2) is 0 Å². The maximum Gasteiger partial charge on any atom is 0.0519 e. The van der Waals surface area contributed by atoms with Crippen LogP contribution in [0.4, 0.5) is 0 Å². The fourth-order valence-corrected chi connectivity index (χ4v) is 4.89. The van der Waals surface area contributed by atoms with Crippen LogP contribution in [0.2, 0.25) is 0 Å². The molecule has 4 bridgehead atoms. The second-order valence-corrected chi connectivity index (χ2v) is 7.68. The molecule has 0 saturated heterocycles. The van der Waals surface area contributed by atoms with Crippen LogP contribution in [0.3, 0.4) is 0 Å². The topological polar surface area (TPSA) is 52.5 Å². The largest absolute Gasteiger partial charge is 0.396 e. The molecular formula is C15H27NO2. The molecular weight excluding hydrogens is 226 g/mol. The van der Waals surface area contributed by atoms with E-state index in [9.17, 15) is 10.2 Å². The van der Waals surface area contributed by atoms with Gasteiger partial charge in [-0.15, -0.1) is 0 Å². The molecule has 0 radical (unpaired) electrons. The van der Waals surface area contributed by atoms with Gasteiger partial charge in [0.05, 0.1) is 13.2 Å². The number of aliphatic hydroxyl groups is 2. The lowest BCUT2D eigenvalue weighted by Crippen LogP contribution is -2.60. The highest BCUT2D eigenvalue weighted by Gasteiger charge is 2.50. The molecule has 18 heavy (non-hydrogen) atoms. The van der Waals surface area contributed by atoms with E-state index in [4.69, 9.17) is 0 Å². The van der Waals surface area contributed by atoms with Crippen LogP contribution in [0.1, 0.15) is 45.4 Å². The standard InChI is InChI=1S/C15H27NO2/c1-14(9-17,10-18)8-16-15-5-11-2-12(6-15)4-13(3-11)7-15/h11-13,16-18H,2-10H2,1H3. The summed E-state index contributed by atoms with van der Waals surface area (Å²) in [5.41, 5.74) is -0.0380. The van der Waals surface area contributed by atoms with Gasteiger partial charge in [-0.1, -0.05) is 6.92 Å². The van der Waals surface area contributed by atoms with Gasteiger partial charge >= 0.3 is 0 Å². The minimum absolute atomic E-state index is 0.0584. The zero-order valence-electron chi connectivity index (χ0n) is 11.5. The summed E-state index contributed by atoms with van der Waals surface area (Å²) in [5.74, 6) is 2.83. The fourth-order valence-electron chi connectivity index (χ4n) is 4.89. The average Bonchev–Trinajstić information content (AvgIpc) is 2.35. The van der Waals surface area contributed by atoms with Crippen molar-refractivity contribution in [3.63, 3.8) is 0 Å². The van der Waals surface area contributed by atoms with E-state index < -0.39 is 0 Å². The van der Waals surface area contributed by atoms with Crippen molar-refractivity contribution in [1.29, 1.82) is 0 Å². The van der Waals surface area contributed by atoms with Crippen molar-refractivity contribution in [2.45, 2.75) is 51.0 Å². The minimum atomic E-state index is -0.372. The van der Waals surface area contributed by atoms with Gasteiger partial charge < -0.3 is 15.5 Å². The number of aliphatic hydroxyl groups excluding tert-OH is 2. The molecule has 4 aliphatic rings. The van der Waals surface area contributed by atoms with Gasteiger partial charge in [-0.25, -0.2) is 0 Å². The van der Waals surface area contributed by atoms with Crippen LogP contribution in [-0.2, 0) is 0 Å². The molecule has 104 valence electrons. The highest BCUT2D eigenvalue weighted by atomic mass is 16.3. The molecule has 0 aromatic rings. The van der Waals surface area contributed by atoms with Gasteiger partial charge in [-0.2, -0.15) is 0 Å². The summed E-state index contributed by atoms with van der Waals surface area (Å²) in [6.07, 6.45) is 8.35. The third-order valence-corrected chi connectivity index (χ3v) is 5.69. The lowest BCUT2D eigenvalue weighted by atomic mass is 9.53. The smallest absolute Gasteiger partial charge is 0.0519 e. The Labute approximate surface area is 110 Å². The lowest BCUT2D eigenvalue weighted by molar-refractivity contribution is -0.0308. The van der Waals surface area contributed by atoms with Crippen LogP contribution >= 0.6 is 0 Å². The van der Waals surface area contributed by atoms with Crippen molar-refractivity contribution in [1.82, 2.24) is 5.32 Å².